The molecule has 1 aromatic rings. The number of carbonyl (C=O) groups excluding carboxylic acids is 2. The van der Waals surface area contributed by atoms with Crippen LogP contribution in [0.2, 0.25) is 0 Å². The van der Waals surface area contributed by atoms with Crippen molar-refractivity contribution in [2.75, 3.05) is 33.4 Å². The van der Waals surface area contributed by atoms with Crippen molar-refractivity contribution in [2.24, 2.45) is 5.41 Å². The Morgan fingerprint density at radius 2 is 1.95 bits per heavy atom. The number of benzene rings is 1. The van der Waals surface area contributed by atoms with Gasteiger partial charge in [-0.25, -0.2) is 0 Å². The highest BCUT2D eigenvalue weighted by Gasteiger charge is 2.35. The highest BCUT2D eigenvalue weighted by atomic mass is 16.5. The van der Waals surface area contributed by atoms with Crippen molar-refractivity contribution < 1.29 is 14.3 Å². The van der Waals surface area contributed by atoms with Gasteiger partial charge >= 0.3 is 0 Å². The van der Waals surface area contributed by atoms with Gasteiger partial charge in [0.25, 0.3) is 5.91 Å². The SMILES string of the molecule is CN(CC1(C)COC1)C(=O)CNC(=O)c1ccccc1. The van der Waals surface area contributed by atoms with Crippen LogP contribution in [0.25, 0.3) is 0 Å². The molecule has 1 aliphatic heterocycles. The van der Waals surface area contributed by atoms with Crippen molar-refractivity contribution in [3.63, 3.8) is 0 Å². The maximum Gasteiger partial charge on any atom is 0.251 e. The minimum absolute atomic E-state index is 0.0150. The Kier molecular flexibility index (Phi) is 4.39. The summed E-state index contributed by atoms with van der Waals surface area (Å²) in [6.07, 6.45) is 0. The van der Waals surface area contributed by atoms with Crippen molar-refractivity contribution in [2.45, 2.75) is 6.92 Å². The van der Waals surface area contributed by atoms with Gasteiger partial charge in [0.1, 0.15) is 0 Å². The molecule has 1 aromatic carbocycles. The third-order valence-corrected chi connectivity index (χ3v) is 3.38. The number of rotatable bonds is 5. The Labute approximate surface area is 118 Å². The Morgan fingerprint density at radius 1 is 1.30 bits per heavy atom. The van der Waals surface area contributed by atoms with Gasteiger partial charge in [-0.3, -0.25) is 9.59 Å². The van der Waals surface area contributed by atoms with E-state index in [1.54, 1.807) is 36.2 Å². The average Bonchev–Trinajstić information content (AvgIpc) is 2.43. The standard InChI is InChI=1S/C15H20N2O3/c1-15(10-20-11-15)9-17(2)13(18)8-16-14(19)12-6-4-3-5-7-12/h3-7H,8-11H2,1-2H3,(H,16,19). The van der Waals surface area contributed by atoms with Crippen LogP contribution in [0, 0.1) is 5.41 Å². The smallest absolute Gasteiger partial charge is 0.251 e. The molecule has 0 radical (unpaired) electrons. The van der Waals surface area contributed by atoms with Crippen molar-refractivity contribution in [1.29, 1.82) is 0 Å². The Bertz CT molecular complexity index is 483. The zero-order valence-corrected chi connectivity index (χ0v) is 11.9. The van der Waals surface area contributed by atoms with Gasteiger partial charge in [0, 0.05) is 24.6 Å². The van der Waals surface area contributed by atoms with Gasteiger partial charge in [-0.1, -0.05) is 25.1 Å². The van der Waals surface area contributed by atoms with E-state index in [1.165, 1.54) is 0 Å². The molecule has 5 heteroatoms. The molecule has 5 nitrogen and oxygen atoms in total. The number of likely N-dealkylation sites (N-methyl/N-ethyl adjacent to an activating group) is 1. The normalized spacial score (nSPS) is 16.1. The molecular weight excluding hydrogens is 256 g/mol. The highest BCUT2D eigenvalue weighted by Crippen LogP contribution is 2.26. The fourth-order valence-electron chi connectivity index (χ4n) is 2.19. The van der Waals surface area contributed by atoms with E-state index in [2.05, 4.69) is 12.2 Å². The van der Waals surface area contributed by atoms with Crippen LogP contribution in [0.1, 0.15) is 17.3 Å². The molecule has 0 unspecified atom stereocenters. The van der Waals surface area contributed by atoms with Crippen LogP contribution in [0.5, 0.6) is 0 Å². The predicted molar refractivity (Wildman–Crippen MR) is 75.3 cm³/mol. The zero-order chi connectivity index (χ0) is 14.6. The Morgan fingerprint density at radius 3 is 2.50 bits per heavy atom. The molecule has 2 rings (SSSR count). The van der Waals surface area contributed by atoms with E-state index in [4.69, 9.17) is 4.74 Å². The lowest BCUT2D eigenvalue weighted by molar-refractivity contribution is -0.141. The van der Waals surface area contributed by atoms with Gasteiger partial charge in [0.15, 0.2) is 0 Å². The molecule has 1 aliphatic rings. The van der Waals surface area contributed by atoms with Crippen molar-refractivity contribution in [3.05, 3.63) is 35.9 Å². The lowest BCUT2D eigenvalue weighted by atomic mass is 9.88. The van der Waals surface area contributed by atoms with Gasteiger partial charge in [0.2, 0.25) is 5.91 Å². The summed E-state index contributed by atoms with van der Waals surface area (Å²) in [7, 11) is 1.75. The maximum atomic E-state index is 12.0. The summed E-state index contributed by atoms with van der Waals surface area (Å²) in [6, 6.07) is 8.87. The third kappa shape index (κ3) is 3.57. The summed E-state index contributed by atoms with van der Waals surface area (Å²) >= 11 is 0. The second kappa shape index (κ2) is 6.05. The number of ether oxygens (including phenoxy) is 1. The number of hydrogen-bond acceptors (Lipinski definition) is 3. The summed E-state index contributed by atoms with van der Waals surface area (Å²) in [5.74, 6) is -0.326. The van der Waals surface area contributed by atoms with Gasteiger partial charge < -0.3 is 15.0 Å². The Balaban J connectivity index is 1.78. The molecule has 1 fully saturated rings. The minimum atomic E-state index is -0.231. The number of amides is 2. The van der Waals surface area contributed by atoms with E-state index in [0.29, 0.717) is 25.3 Å². The van der Waals surface area contributed by atoms with Crippen molar-refractivity contribution >= 4 is 11.8 Å². The van der Waals surface area contributed by atoms with Crippen LogP contribution >= 0.6 is 0 Å². The minimum Gasteiger partial charge on any atom is -0.380 e. The molecule has 0 bridgehead atoms. The average molecular weight is 276 g/mol. The lowest BCUT2D eigenvalue weighted by Gasteiger charge is -2.40. The summed E-state index contributed by atoms with van der Waals surface area (Å²) < 4.78 is 5.17. The first kappa shape index (κ1) is 14.5. The second-order valence-corrected chi connectivity index (χ2v) is 5.60. The number of nitrogens with zero attached hydrogens (tertiary/aromatic N) is 1. The van der Waals surface area contributed by atoms with E-state index >= 15 is 0 Å². The molecule has 2 amide bonds. The fourth-order valence-corrected chi connectivity index (χ4v) is 2.19. The summed E-state index contributed by atoms with van der Waals surface area (Å²) in [6.45, 7) is 4.11. The van der Waals surface area contributed by atoms with E-state index in [-0.39, 0.29) is 23.8 Å². The van der Waals surface area contributed by atoms with Gasteiger partial charge in [0.05, 0.1) is 19.8 Å². The van der Waals surface area contributed by atoms with Gasteiger partial charge in [-0.05, 0) is 12.1 Å². The van der Waals surface area contributed by atoms with Crippen LogP contribution in [-0.4, -0.2) is 50.1 Å². The lowest BCUT2D eigenvalue weighted by Crippen LogP contribution is -2.50. The largest absolute Gasteiger partial charge is 0.380 e. The topological polar surface area (TPSA) is 58.6 Å². The van der Waals surface area contributed by atoms with E-state index in [0.717, 1.165) is 0 Å². The molecule has 1 saturated heterocycles. The number of carbonyl (C=O) groups is 2. The van der Waals surface area contributed by atoms with Crippen LogP contribution in [0.4, 0.5) is 0 Å². The fraction of sp³-hybridized carbons (Fsp3) is 0.467. The molecule has 0 spiro atoms. The predicted octanol–water partition coefficient (Wildman–Crippen LogP) is 0.911. The van der Waals surface area contributed by atoms with Crippen molar-refractivity contribution in [3.8, 4) is 0 Å². The second-order valence-electron chi connectivity index (χ2n) is 5.60. The molecule has 0 atom stereocenters. The molecule has 0 aliphatic carbocycles. The molecule has 1 heterocycles. The van der Waals surface area contributed by atoms with Gasteiger partial charge in [-0.2, -0.15) is 0 Å². The summed E-state index contributed by atoms with van der Waals surface area (Å²) in [5.41, 5.74) is 0.607. The monoisotopic (exact) mass is 276 g/mol. The first-order valence-corrected chi connectivity index (χ1v) is 6.65. The molecule has 1 N–H and O–H groups in total. The molecule has 0 saturated carbocycles. The first-order chi connectivity index (χ1) is 9.50. The van der Waals surface area contributed by atoms with Crippen molar-refractivity contribution in [1.82, 2.24) is 10.2 Å². The zero-order valence-electron chi connectivity index (χ0n) is 11.9. The maximum absolute atomic E-state index is 12.0. The highest BCUT2D eigenvalue weighted by molar-refractivity contribution is 5.96. The van der Waals surface area contributed by atoms with Crippen LogP contribution in [-0.2, 0) is 9.53 Å². The first-order valence-electron chi connectivity index (χ1n) is 6.65. The molecule has 108 valence electrons. The van der Waals surface area contributed by atoms with E-state index in [9.17, 15) is 9.59 Å². The van der Waals surface area contributed by atoms with E-state index in [1.807, 2.05) is 6.07 Å². The van der Waals surface area contributed by atoms with E-state index < -0.39 is 0 Å². The van der Waals surface area contributed by atoms with Gasteiger partial charge in [-0.15, -0.1) is 0 Å². The van der Waals surface area contributed by atoms with Crippen LogP contribution < -0.4 is 5.32 Å². The molecule has 20 heavy (non-hydrogen) atoms. The van der Waals surface area contributed by atoms with Crippen LogP contribution in [0.15, 0.2) is 30.3 Å². The number of nitrogens with one attached hydrogen (secondary N) is 1. The Hall–Kier alpha value is -1.88. The quantitative estimate of drug-likeness (QED) is 0.869. The summed E-state index contributed by atoms with van der Waals surface area (Å²) in [5, 5.41) is 2.64. The summed E-state index contributed by atoms with van der Waals surface area (Å²) in [4.78, 5) is 25.4. The molecule has 0 aromatic heterocycles. The third-order valence-electron chi connectivity index (χ3n) is 3.38. The molecular formula is C15H20N2O3. The van der Waals surface area contributed by atoms with Crippen LogP contribution in [0.3, 0.4) is 0 Å². The number of hydrogen-bond donors (Lipinski definition) is 1.